The van der Waals surface area contributed by atoms with Gasteiger partial charge in [0.25, 0.3) is 5.91 Å². The number of likely N-dealkylation sites (N-methyl/N-ethyl adjacent to an activating group) is 1. The van der Waals surface area contributed by atoms with E-state index in [4.69, 9.17) is 11.5 Å². The lowest BCUT2D eigenvalue weighted by Gasteiger charge is -2.27. The fourth-order valence-corrected chi connectivity index (χ4v) is 4.65. The summed E-state index contributed by atoms with van der Waals surface area (Å²) >= 11 is 0. The van der Waals surface area contributed by atoms with Gasteiger partial charge in [-0.3, -0.25) is 14.6 Å². The van der Waals surface area contributed by atoms with Crippen molar-refractivity contribution >= 4 is 28.5 Å². The number of nitrogens with two attached hydrogens (primary N) is 2. The number of carbonyl (C=O) groups excluding carboxylic acids is 2. The maximum atomic E-state index is 13.0. The lowest BCUT2D eigenvalue weighted by atomic mass is 9.91. The van der Waals surface area contributed by atoms with E-state index in [1.165, 1.54) is 11.1 Å². The zero-order chi connectivity index (χ0) is 30.9. The maximum Gasteiger partial charge on any atom is 0.251 e. The first-order valence-electron chi connectivity index (χ1n) is 14.8. The molecule has 226 valence electrons. The van der Waals surface area contributed by atoms with Gasteiger partial charge in [-0.25, -0.2) is 0 Å². The summed E-state index contributed by atoms with van der Waals surface area (Å²) in [4.78, 5) is 31.1. The molecular weight excluding hydrogens is 536 g/mol. The van der Waals surface area contributed by atoms with Crippen LogP contribution in [-0.4, -0.2) is 61.9 Å². The molecule has 0 aliphatic carbocycles. The molecule has 0 spiro atoms. The Hall–Kier alpha value is -4.69. The second-order valence-electron chi connectivity index (χ2n) is 10.1. The molecule has 0 saturated carbocycles. The quantitative estimate of drug-likeness (QED) is 0.105. The fraction of sp³-hybridized carbons (Fsp3) is 0.286. The van der Waals surface area contributed by atoms with Gasteiger partial charge in [0.15, 0.2) is 5.96 Å². The van der Waals surface area contributed by atoms with Crippen molar-refractivity contribution in [1.82, 2.24) is 15.5 Å². The number of benzene rings is 4. The number of nitrogens with one attached hydrogen (secondary N) is 2. The van der Waals surface area contributed by atoms with E-state index in [1.807, 2.05) is 97.6 Å². The zero-order valence-corrected chi connectivity index (χ0v) is 25.2. The Bertz CT molecular complexity index is 1400. The Balaban J connectivity index is 0.000000646. The Morgan fingerprint density at radius 1 is 0.791 bits per heavy atom. The Labute approximate surface area is 255 Å². The van der Waals surface area contributed by atoms with Crippen LogP contribution in [0.4, 0.5) is 0 Å². The second kappa shape index (κ2) is 18.0. The van der Waals surface area contributed by atoms with Gasteiger partial charge >= 0.3 is 0 Å². The first-order valence-corrected chi connectivity index (χ1v) is 14.8. The molecule has 0 aromatic heterocycles. The molecule has 8 heteroatoms. The van der Waals surface area contributed by atoms with Gasteiger partial charge in [-0.05, 0) is 47.4 Å². The standard InChI is InChI=1S/C31H33N3O2.C4H11N3/c1-2-34(23-29(25-12-5-3-6-13-25)26-14-7-4-8-15-26)30(35)22-32-19-20-33-31(36)28-18-17-24-11-9-10-16-27(24)21-28;1-2-3-7-4(5)6/h3-18,21,29,32H,2,19-20,22-23H2,1H3,(H,33,36);2-3H2,1H3,(H4,5,6,7). The van der Waals surface area contributed by atoms with Crippen molar-refractivity contribution in [2.24, 2.45) is 16.5 Å². The van der Waals surface area contributed by atoms with E-state index in [2.05, 4.69) is 39.9 Å². The average molecular weight is 581 g/mol. The van der Waals surface area contributed by atoms with Gasteiger partial charge in [-0.15, -0.1) is 0 Å². The molecular formula is C35H44N6O2. The third-order valence-corrected chi connectivity index (χ3v) is 6.93. The highest BCUT2D eigenvalue weighted by molar-refractivity contribution is 5.98. The summed E-state index contributed by atoms with van der Waals surface area (Å²) in [6, 6.07) is 34.3. The van der Waals surface area contributed by atoms with Crippen molar-refractivity contribution in [2.75, 3.05) is 39.3 Å². The van der Waals surface area contributed by atoms with Gasteiger partial charge in [-0.2, -0.15) is 0 Å². The van der Waals surface area contributed by atoms with Crippen LogP contribution in [0, 0.1) is 0 Å². The molecule has 43 heavy (non-hydrogen) atoms. The molecule has 2 amide bonds. The monoisotopic (exact) mass is 580 g/mol. The van der Waals surface area contributed by atoms with Gasteiger partial charge in [-0.1, -0.05) is 97.9 Å². The van der Waals surface area contributed by atoms with Crippen molar-refractivity contribution in [3.05, 3.63) is 120 Å². The summed E-state index contributed by atoms with van der Waals surface area (Å²) in [7, 11) is 0. The molecule has 0 saturated heterocycles. The summed E-state index contributed by atoms with van der Waals surface area (Å²) < 4.78 is 0. The lowest BCUT2D eigenvalue weighted by Crippen LogP contribution is -2.42. The topological polar surface area (TPSA) is 126 Å². The molecule has 0 unspecified atom stereocenters. The number of rotatable bonds is 13. The van der Waals surface area contributed by atoms with Crippen LogP contribution in [-0.2, 0) is 4.79 Å². The van der Waals surface area contributed by atoms with Crippen LogP contribution in [0.5, 0.6) is 0 Å². The molecule has 0 atom stereocenters. The van der Waals surface area contributed by atoms with Crippen LogP contribution in [0.25, 0.3) is 10.8 Å². The molecule has 4 rings (SSSR count). The summed E-state index contributed by atoms with van der Waals surface area (Å²) in [5.74, 6) is 0.229. The van der Waals surface area contributed by atoms with Gasteiger partial charge < -0.3 is 27.0 Å². The number of fused-ring (bicyclic) bond motifs is 1. The van der Waals surface area contributed by atoms with Crippen LogP contribution in [0.15, 0.2) is 108 Å². The maximum absolute atomic E-state index is 13.0. The van der Waals surface area contributed by atoms with Gasteiger partial charge in [0.1, 0.15) is 0 Å². The third kappa shape index (κ3) is 10.9. The first kappa shape index (κ1) is 32.8. The van der Waals surface area contributed by atoms with Gasteiger partial charge in [0.05, 0.1) is 6.54 Å². The predicted molar refractivity (Wildman–Crippen MR) is 177 cm³/mol. The Kier molecular flexibility index (Phi) is 13.7. The number of aliphatic imine (C=N–C) groups is 1. The molecule has 6 N–H and O–H groups in total. The molecule has 0 bridgehead atoms. The largest absolute Gasteiger partial charge is 0.370 e. The van der Waals surface area contributed by atoms with Crippen LogP contribution in [0.1, 0.15) is 47.7 Å². The highest BCUT2D eigenvalue weighted by Crippen LogP contribution is 2.25. The third-order valence-electron chi connectivity index (χ3n) is 6.93. The van der Waals surface area contributed by atoms with E-state index in [9.17, 15) is 9.59 Å². The van der Waals surface area contributed by atoms with Crippen LogP contribution >= 0.6 is 0 Å². The van der Waals surface area contributed by atoms with E-state index in [0.29, 0.717) is 31.7 Å². The fourth-order valence-electron chi connectivity index (χ4n) is 4.65. The predicted octanol–water partition coefficient (Wildman–Crippen LogP) is 4.51. The minimum Gasteiger partial charge on any atom is -0.370 e. The summed E-state index contributed by atoms with van der Waals surface area (Å²) in [5, 5.41) is 8.26. The average Bonchev–Trinajstić information content (AvgIpc) is 3.04. The highest BCUT2D eigenvalue weighted by Gasteiger charge is 2.20. The number of carbonyl (C=O) groups is 2. The smallest absolute Gasteiger partial charge is 0.251 e. The normalized spacial score (nSPS) is 10.5. The van der Waals surface area contributed by atoms with Crippen molar-refractivity contribution in [3.8, 4) is 0 Å². The van der Waals surface area contributed by atoms with Crippen LogP contribution in [0.3, 0.4) is 0 Å². The number of amides is 2. The SMILES string of the molecule is CCCN=C(N)N.CCN(CC(c1ccccc1)c1ccccc1)C(=O)CNCCNC(=O)c1ccc2ccccc2c1. The Morgan fingerprint density at radius 3 is 1.95 bits per heavy atom. The van der Waals surface area contributed by atoms with E-state index in [1.54, 1.807) is 0 Å². The zero-order valence-electron chi connectivity index (χ0n) is 25.2. The number of guanidine groups is 1. The summed E-state index contributed by atoms with van der Waals surface area (Å²) in [5.41, 5.74) is 13.0. The summed E-state index contributed by atoms with van der Waals surface area (Å²) in [6.07, 6.45) is 0.998. The van der Waals surface area contributed by atoms with Gasteiger partial charge in [0, 0.05) is 44.2 Å². The molecule has 0 radical (unpaired) electrons. The molecule has 4 aromatic rings. The van der Waals surface area contributed by atoms with E-state index in [-0.39, 0.29) is 30.2 Å². The number of hydrogen-bond donors (Lipinski definition) is 4. The lowest BCUT2D eigenvalue weighted by molar-refractivity contribution is -0.130. The molecule has 4 aromatic carbocycles. The van der Waals surface area contributed by atoms with Crippen molar-refractivity contribution in [1.29, 1.82) is 0 Å². The van der Waals surface area contributed by atoms with E-state index in [0.717, 1.165) is 23.7 Å². The van der Waals surface area contributed by atoms with E-state index < -0.39 is 0 Å². The van der Waals surface area contributed by atoms with Crippen LogP contribution < -0.4 is 22.1 Å². The van der Waals surface area contributed by atoms with Gasteiger partial charge in [0.2, 0.25) is 5.91 Å². The Morgan fingerprint density at radius 2 is 1.40 bits per heavy atom. The second-order valence-corrected chi connectivity index (χ2v) is 10.1. The highest BCUT2D eigenvalue weighted by atomic mass is 16.2. The van der Waals surface area contributed by atoms with Crippen molar-refractivity contribution < 1.29 is 9.59 Å². The molecule has 0 fully saturated rings. The molecule has 0 heterocycles. The molecule has 0 aliphatic heterocycles. The van der Waals surface area contributed by atoms with Crippen molar-refractivity contribution in [2.45, 2.75) is 26.2 Å². The minimum atomic E-state index is -0.113. The first-order chi connectivity index (χ1) is 20.9. The minimum absolute atomic E-state index is 0.0511. The number of nitrogens with zero attached hydrogens (tertiary/aromatic N) is 2. The summed E-state index contributed by atoms with van der Waals surface area (Å²) in [6.45, 7) is 7.21. The molecule has 8 nitrogen and oxygen atoms in total. The van der Waals surface area contributed by atoms with E-state index >= 15 is 0 Å². The van der Waals surface area contributed by atoms with Crippen molar-refractivity contribution in [3.63, 3.8) is 0 Å². The number of hydrogen-bond acceptors (Lipinski definition) is 4. The van der Waals surface area contributed by atoms with Crippen LogP contribution in [0.2, 0.25) is 0 Å². The molecule has 0 aliphatic rings.